The van der Waals surface area contributed by atoms with Crippen molar-refractivity contribution >= 4 is 11.6 Å². The first kappa shape index (κ1) is 13.8. The molecule has 19 heavy (non-hydrogen) atoms. The molecule has 1 fully saturated rings. The molecule has 0 radical (unpaired) electrons. The van der Waals surface area contributed by atoms with Crippen molar-refractivity contribution in [1.29, 1.82) is 0 Å². The van der Waals surface area contributed by atoms with Crippen LogP contribution in [0.4, 0.5) is 10.1 Å². The Morgan fingerprint density at radius 2 is 2.05 bits per heavy atom. The normalized spacial score (nSPS) is 16.1. The molecule has 0 unspecified atom stereocenters. The minimum absolute atomic E-state index is 0.195. The van der Waals surface area contributed by atoms with Crippen molar-refractivity contribution in [2.24, 2.45) is 5.73 Å². The summed E-state index contributed by atoms with van der Waals surface area (Å²) in [5.74, 6) is -0.670. The van der Waals surface area contributed by atoms with Crippen LogP contribution in [0, 0.1) is 5.82 Å². The van der Waals surface area contributed by atoms with E-state index in [4.69, 9.17) is 11.5 Å². The number of nitrogens with two attached hydrogens (primary N) is 2. The fraction of sp³-hybridized carbons (Fsp3) is 0.500. The number of nitrogens with zero attached hydrogens (tertiary/aromatic N) is 1. The molecule has 1 saturated carbocycles. The van der Waals surface area contributed by atoms with Crippen molar-refractivity contribution in [2.45, 2.75) is 38.3 Å². The number of nitrogen functional groups attached to an aromatic ring is 1. The van der Waals surface area contributed by atoms with E-state index in [1.54, 1.807) is 6.07 Å². The molecule has 104 valence electrons. The van der Waals surface area contributed by atoms with Gasteiger partial charge in [0.25, 0.3) is 0 Å². The lowest BCUT2D eigenvalue weighted by atomic mass is 10.1. The average Bonchev–Trinajstić information content (AvgIpc) is 2.86. The Labute approximate surface area is 112 Å². The zero-order valence-corrected chi connectivity index (χ0v) is 10.9. The molecular formula is C14H20FN3O. The molecule has 0 heterocycles. The highest BCUT2D eigenvalue weighted by Gasteiger charge is 2.24. The molecule has 2 rings (SSSR count). The molecule has 5 heteroatoms. The molecule has 1 aromatic rings. The molecule has 1 amide bonds. The Morgan fingerprint density at radius 1 is 1.37 bits per heavy atom. The number of primary amides is 1. The predicted octanol–water partition coefficient (Wildman–Crippen LogP) is 1.64. The van der Waals surface area contributed by atoms with Crippen LogP contribution in [0.1, 0.15) is 31.2 Å². The second kappa shape index (κ2) is 6.02. The topological polar surface area (TPSA) is 72.4 Å². The quantitative estimate of drug-likeness (QED) is 0.795. The number of carbonyl (C=O) groups is 1. The number of carbonyl (C=O) groups excluding carboxylic acids is 1. The third-order valence-corrected chi connectivity index (χ3v) is 3.68. The fourth-order valence-electron chi connectivity index (χ4n) is 2.71. The van der Waals surface area contributed by atoms with Crippen molar-refractivity contribution in [3.63, 3.8) is 0 Å². The van der Waals surface area contributed by atoms with Gasteiger partial charge in [0.05, 0.1) is 6.54 Å². The van der Waals surface area contributed by atoms with Gasteiger partial charge in [0.15, 0.2) is 0 Å². The van der Waals surface area contributed by atoms with Gasteiger partial charge in [-0.05, 0) is 36.6 Å². The minimum Gasteiger partial charge on any atom is -0.398 e. The predicted molar refractivity (Wildman–Crippen MR) is 72.7 cm³/mol. The summed E-state index contributed by atoms with van der Waals surface area (Å²) in [5.41, 5.74) is 12.4. The summed E-state index contributed by atoms with van der Waals surface area (Å²) in [4.78, 5) is 13.2. The molecule has 1 aliphatic carbocycles. The highest BCUT2D eigenvalue weighted by Crippen LogP contribution is 2.26. The molecule has 0 bridgehead atoms. The summed E-state index contributed by atoms with van der Waals surface area (Å²) in [6.45, 7) is 0.665. The molecule has 1 aromatic carbocycles. The summed E-state index contributed by atoms with van der Waals surface area (Å²) in [6, 6.07) is 4.67. The first-order valence-electron chi connectivity index (χ1n) is 6.62. The monoisotopic (exact) mass is 265 g/mol. The lowest BCUT2D eigenvalue weighted by Gasteiger charge is -2.28. The van der Waals surface area contributed by atoms with Crippen molar-refractivity contribution in [1.82, 2.24) is 4.90 Å². The lowest BCUT2D eigenvalue weighted by Crippen LogP contribution is -2.39. The van der Waals surface area contributed by atoms with Gasteiger partial charge < -0.3 is 11.5 Å². The second-order valence-corrected chi connectivity index (χ2v) is 5.15. The lowest BCUT2D eigenvalue weighted by molar-refractivity contribution is -0.119. The van der Waals surface area contributed by atoms with E-state index in [2.05, 4.69) is 0 Å². The van der Waals surface area contributed by atoms with Crippen LogP contribution in [-0.4, -0.2) is 23.4 Å². The van der Waals surface area contributed by atoms with E-state index < -0.39 is 0 Å². The van der Waals surface area contributed by atoms with Crippen LogP contribution < -0.4 is 11.5 Å². The van der Waals surface area contributed by atoms with E-state index >= 15 is 0 Å². The third-order valence-electron chi connectivity index (χ3n) is 3.68. The number of amides is 1. The van der Waals surface area contributed by atoms with Crippen LogP contribution in [0.3, 0.4) is 0 Å². The van der Waals surface area contributed by atoms with Gasteiger partial charge in [-0.25, -0.2) is 4.39 Å². The minimum atomic E-state index is -0.359. The zero-order valence-electron chi connectivity index (χ0n) is 10.9. The number of hydrogen-bond acceptors (Lipinski definition) is 3. The maximum absolute atomic E-state index is 13.3. The number of halogens is 1. The maximum atomic E-state index is 13.3. The highest BCUT2D eigenvalue weighted by atomic mass is 19.1. The average molecular weight is 265 g/mol. The van der Waals surface area contributed by atoms with Crippen LogP contribution in [0.2, 0.25) is 0 Å². The van der Waals surface area contributed by atoms with Gasteiger partial charge in [0, 0.05) is 18.3 Å². The largest absolute Gasteiger partial charge is 0.398 e. The summed E-state index contributed by atoms with van der Waals surface area (Å²) >= 11 is 0. The van der Waals surface area contributed by atoms with Crippen molar-refractivity contribution in [3.8, 4) is 0 Å². The molecular weight excluding hydrogens is 245 g/mol. The van der Waals surface area contributed by atoms with E-state index in [1.807, 2.05) is 4.90 Å². The van der Waals surface area contributed by atoms with Crippen LogP contribution in [-0.2, 0) is 11.3 Å². The highest BCUT2D eigenvalue weighted by molar-refractivity contribution is 5.76. The Morgan fingerprint density at radius 3 is 2.68 bits per heavy atom. The van der Waals surface area contributed by atoms with E-state index in [0.29, 0.717) is 23.8 Å². The summed E-state index contributed by atoms with van der Waals surface area (Å²) < 4.78 is 13.3. The second-order valence-electron chi connectivity index (χ2n) is 5.15. The van der Waals surface area contributed by atoms with Crippen LogP contribution in [0.25, 0.3) is 0 Å². The van der Waals surface area contributed by atoms with E-state index in [0.717, 1.165) is 12.8 Å². The van der Waals surface area contributed by atoms with Gasteiger partial charge in [-0.15, -0.1) is 0 Å². The number of hydrogen-bond donors (Lipinski definition) is 2. The van der Waals surface area contributed by atoms with Crippen molar-refractivity contribution < 1.29 is 9.18 Å². The summed E-state index contributed by atoms with van der Waals surface area (Å²) in [6.07, 6.45) is 4.45. The first-order chi connectivity index (χ1) is 9.06. The van der Waals surface area contributed by atoms with Gasteiger partial charge in [0.1, 0.15) is 5.82 Å². The molecule has 1 aliphatic rings. The van der Waals surface area contributed by atoms with E-state index in [-0.39, 0.29) is 18.3 Å². The molecule has 4 nitrogen and oxygen atoms in total. The third kappa shape index (κ3) is 3.67. The number of rotatable bonds is 5. The van der Waals surface area contributed by atoms with Crippen LogP contribution >= 0.6 is 0 Å². The van der Waals surface area contributed by atoms with Crippen LogP contribution in [0.5, 0.6) is 0 Å². The van der Waals surface area contributed by atoms with E-state index in [1.165, 1.54) is 25.0 Å². The molecule has 0 aliphatic heterocycles. The fourth-order valence-corrected chi connectivity index (χ4v) is 2.71. The van der Waals surface area contributed by atoms with Crippen LogP contribution in [0.15, 0.2) is 18.2 Å². The molecule has 0 aromatic heterocycles. The first-order valence-corrected chi connectivity index (χ1v) is 6.62. The van der Waals surface area contributed by atoms with Crippen molar-refractivity contribution in [2.75, 3.05) is 12.3 Å². The number of anilines is 1. The maximum Gasteiger partial charge on any atom is 0.231 e. The molecule has 0 atom stereocenters. The van der Waals surface area contributed by atoms with Gasteiger partial charge in [-0.1, -0.05) is 12.8 Å². The Bertz CT molecular complexity index is 458. The zero-order chi connectivity index (χ0) is 13.8. The smallest absolute Gasteiger partial charge is 0.231 e. The Kier molecular flexibility index (Phi) is 4.37. The van der Waals surface area contributed by atoms with Crippen molar-refractivity contribution in [3.05, 3.63) is 29.6 Å². The Hall–Kier alpha value is -1.62. The Balaban J connectivity index is 2.14. The molecule has 0 saturated heterocycles. The standard InChI is InChI=1S/C14H20FN3O/c15-11-5-6-13(16)10(7-11)8-18(9-14(17)19)12-3-1-2-4-12/h5-7,12H,1-4,8-9,16H2,(H2,17,19). The summed E-state index contributed by atoms with van der Waals surface area (Å²) in [5, 5.41) is 0. The number of benzene rings is 1. The summed E-state index contributed by atoms with van der Waals surface area (Å²) in [7, 11) is 0. The van der Waals surface area contributed by atoms with Gasteiger partial charge in [-0.3, -0.25) is 9.69 Å². The SMILES string of the molecule is NC(=O)CN(Cc1cc(F)ccc1N)C1CCCC1. The van der Waals surface area contributed by atoms with E-state index in [9.17, 15) is 9.18 Å². The molecule has 4 N–H and O–H groups in total. The van der Waals surface area contributed by atoms with Gasteiger partial charge in [0.2, 0.25) is 5.91 Å². The van der Waals surface area contributed by atoms with Gasteiger partial charge >= 0.3 is 0 Å². The molecule has 0 spiro atoms. The van der Waals surface area contributed by atoms with Gasteiger partial charge in [-0.2, -0.15) is 0 Å².